The molecule has 0 amide bonds. The van der Waals surface area contributed by atoms with E-state index in [1.54, 1.807) is 0 Å². The highest BCUT2D eigenvalue weighted by Gasteiger charge is 2.11. The molecule has 0 aromatic heterocycles. The van der Waals surface area contributed by atoms with E-state index in [-0.39, 0.29) is 0 Å². The third-order valence-electron chi connectivity index (χ3n) is 2.26. The SMILES string of the molecule is CCCOc1ccccc1C(Br)CCC. The van der Waals surface area contributed by atoms with Gasteiger partial charge in [-0.3, -0.25) is 0 Å². The van der Waals surface area contributed by atoms with E-state index in [9.17, 15) is 0 Å². The summed E-state index contributed by atoms with van der Waals surface area (Å²) in [5.41, 5.74) is 1.27. The fourth-order valence-corrected chi connectivity index (χ4v) is 2.33. The minimum absolute atomic E-state index is 0.413. The van der Waals surface area contributed by atoms with Gasteiger partial charge in [0.25, 0.3) is 0 Å². The second-order valence-corrected chi connectivity index (χ2v) is 4.75. The molecule has 0 spiro atoms. The number of halogens is 1. The van der Waals surface area contributed by atoms with Crippen LogP contribution in [0, 0.1) is 0 Å². The Bertz CT molecular complexity index is 286. The van der Waals surface area contributed by atoms with Crippen LogP contribution in [0.2, 0.25) is 0 Å². The van der Waals surface area contributed by atoms with Crippen LogP contribution in [0.25, 0.3) is 0 Å². The second kappa shape index (κ2) is 6.89. The van der Waals surface area contributed by atoms with Crippen LogP contribution in [-0.2, 0) is 0 Å². The summed E-state index contributed by atoms with van der Waals surface area (Å²) in [5.74, 6) is 1.02. The summed E-state index contributed by atoms with van der Waals surface area (Å²) >= 11 is 3.71. The van der Waals surface area contributed by atoms with Gasteiger partial charge >= 0.3 is 0 Å². The smallest absolute Gasteiger partial charge is 0.123 e. The van der Waals surface area contributed by atoms with Crippen LogP contribution in [-0.4, -0.2) is 6.61 Å². The van der Waals surface area contributed by atoms with Crippen molar-refractivity contribution in [3.63, 3.8) is 0 Å². The lowest BCUT2D eigenvalue weighted by molar-refractivity contribution is 0.314. The molecular weight excluding hydrogens is 252 g/mol. The minimum atomic E-state index is 0.413. The van der Waals surface area contributed by atoms with Crippen LogP contribution < -0.4 is 4.74 Å². The first kappa shape index (κ1) is 12.6. The average Bonchev–Trinajstić information content (AvgIpc) is 2.27. The molecule has 0 aliphatic heterocycles. The fourth-order valence-electron chi connectivity index (χ4n) is 1.49. The molecule has 0 aliphatic rings. The summed E-state index contributed by atoms with van der Waals surface area (Å²) in [7, 11) is 0. The van der Waals surface area contributed by atoms with Crippen molar-refractivity contribution in [3.05, 3.63) is 29.8 Å². The highest BCUT2D eigenvalue weighted by molar-refractivity contribution is 9.09. The Hall–Kier alpha value is -0.500. The number of hydrogen-bond donors (Lipinski definition) is 0. The molecule has 0 bridgehead atoms. The number of ether oxygens (including phenoxy) is 1. The van der Waals surface area contributed by atoms with Crippen molar-refractivity contribution < 1.29 is 4.74 Å². The van der Waals surface area contributed by atoms with Gasteiger partial charge in [-0.15, -0.1) is 0 Å². The van der Waals surface area contributed by atoms with Gasteiger partial charge < -0.3 is 4.74 Å². The molecule has 0 aliphatic carbocycles. The number of para-hydroxylation sites is 1. The Kier molecular flexibility index (Phi) is 5.77. The molecule has 0 heterocycles. The van der Waals surface area contributed by atoms with E-state index in [0.29, 0.717) is 4.83 Å². The van der Waals surface area contributed by atoms with E-state index in [1.807, 2.05) is 6.07 Å². The number of rotatable bonds is 6. The Labute approximate surface area is 101 Å². The molecule has 1 nitrogen and oxygen atoms in total. The number of benzene rings is 1. The molecule has 1 atom stereocenters. The van der Waals surface area contributed by atoms with E-state index < -0.39 is 0 Å². The molecule has 1 aromatic rings. The van der Waals surface area contributed by atoms with E-state index in [4.69, 9.17) is 4.74 Å². The highest BCUT2D eigenvalue weighted by atomic mass is 79.9. The maximum atomic E-state index is 5.72. The van der Waals surface area contributed by atoms with Gasteiger partial charge in [0.2, 0.25) is 0 Å². The quantitative estimate of drug-likeness (QED) is 0.681. The Morgan fingerprint density at radius 1 is 1.20 bits per heavy atom. The van der Waals surface area contributed by atoms with Crippen molar-refractivity contribution in [1.29, 1.82) is 0 Å². The lowest BCUT2D eigenvalue weighted by atomic mass is 10.1. The maximum Gasteiger partial charge on any atom is 0.123 e. The van der Waals surface area contributed by atoms with Gasteiger partial charge in [-0.25, -0.2) is 0 Å². The highest BCUT2D eigenvalue weighted by Crippen LogP contribution is 2.34. The van der Waals surface area contributed by atoms with Gasteiger partial charge in [0.15, 0.2) is 0 Å². The Balaban J connectivity index is 2.75. The normalized spacial score (nSPS) is 12.5. The van der Waals surface area contributed by atoms with Crippen LogP contribution in [0.5, 0.6) is 5.75 Å². The number of alkyl halides is 1. The predicted octanol–water partition coefficient (Wildman–Crippen LogP) is 4.71. The first-order valence-electron chi connectivity index (χ1n) is 5.65. The predicted molar refractivity (Wildman–Crippen MR) is 68.8 cm³/mol. The fraction of sp³-hybridized carbons (Fsp3) is 0.538. The third-order valence-corrected chi connectivity index (χ3v) is 3.21. The molecular formula is C13H19BrO. The van der Waals surface area contributed by atoms with Gasteiger partial charge in [0.1, 0.15) is 5.75 Å². The van der Waals surface area contributed by atoms with Crippen LogP contribution in [0.3, 0.4) is 0 Å². The van der Waals surface area contributed by atoms with E-state index in [2.05, 4.69) is 48.0 Å². The monoisotopic (exact) mass is 270 g/mol. The summed E-state index contributed by atoms with van der Waals surface area (Å²) in [6.45, 7) is 5.12. The molecule has 0 fully saturated rings. The average molecular weight is 271 g/mol. The lowest BCUT2D eigenvalue weighted by Crippen LogP contribution is -2.00. The standard InChI is InChI=1S/C13H19BrO/c1-3-7-12(14)11-8-5-6-9-13(11)15-10-4-2/h5-6,8-9,12H,3-4,7,10H2,1-2H3. The second-order valence-electron chi connectivity index (χ2n) is 3.64. The molecule has 1 aromatic carbocycles. The van der Waals surface area contributed by atoms with Gasteiger partial charge in [0.05, 0.1) is 6.61 Å². The van der Waals surface area contributed by atoms with E-state index in [0.717, 1.165) is 25.2 Å². The van der Waals surface area contributed by atoms with Crippen LogP contribution >= 0.6 is 15.9 Å². The van der Waals surface area contributed by atoms with E-state index in [1.165, 1.54) is 12.0 Å². The zero-order valence-corrected chi connectivity index (χ0v) is 11.1. The summed E-state index contributed by atoms with van der Waals surface area (Å²) < 4.78 is 5.72. The van der Waals surface area contributed by atoms with E-state index >= 15 is 0 Å². The molecule has 0 saturated carbocycles. The van der Waals surface area contributed by atoms with Gasteiger partial charge in [-0.2, -0.15) is 0 Å². The summed E-state index contributed by atoms with van der Waals surface area (Å²) in [6, 6.07) is 8.28. The lowest BCUT2D eigenvalue weighted by Gasteiger charge is -2.14. The van der Waals surface area contributed by atoms with Crippen molar-refractivity contribution in [2.45, 2.75) is 37.9 Å². The minimum Gasteiger partial charge on any atom is -0.493 e. The first-order valence-corrected chi connectivity index (χ1v) is 6.57. The first-order chi connectivity index (χ1) is 7.29. The summed E-state index contributed by atoms with van der Waals surface area (Å²) in [5, 5.41) is 0. The zero-order valence-electron chi connectivity index (χ0n) is 9.50. The molecule has 2 heteroatoms. The molecule has 1 unspecified atom stereocenters. The molecule has 0 N–H and O–H groups in total. The van der Waals surface area contributed by atoms with Gasteiger partial charge in [-0.1, -0.05) is 54.4 Å². The van der Waals surface area contributed by atoms with Gasteiger partial charge in [-0.05, 0) is 18.9 Å². The van der Waals surface area contributed by atoms with Crippen molar-refractivity contribution in [3.8, 4) is 5.75 Å². The van der Waals surface area contributed by atoms with Crippen molar-refractivity contribution in [2.75, 3.05) is 6.61 Å². The maximum absolute atomic E-state index is 5.72. The largest absolute Gasteiger partial charge is 0.493 e. The summed E-state index contributed by atoms with van der Waals surface area (Å²) in [6.07, 6.45) is 3.37. The summed E-state index contributed by atoms with van der Waals surface area (Å²) in [4.78, 5) is 0.413. The Morgan fingerprint density at radius 2 is 1.93 bits per heavy atom. The van der Waals surface area contributed by atoms with Crippen molar-refractivity contribution >= 4 is 15.9 Å². The molecule has 84 valence electrons. The molecule has 0 saturated heterocycles. The molecule has 15 heavy (non-hydrogen) atoms. The Morgan fingerprint density at radius 3 is 2.60 bits per heavy atom. The van der Waals surface area contributed by atoms with Crippen molar-refractivity contribution in [2.24, 2.45) is 0 Å². The topological polar surface area (TPSA) is 9.23 Å². The van der Waals surface area contributed by atoms with Gasteiger partial charge in [0, 0.05) is 10.4 Å². The van der Waals surface area contributed by atoms with Crippen LogP contribution in [0.4, 0.5) is 0 Å². The number of hydrogen-bond acceptors (Lipinski definition) is 1. The molecule has 0 radical (unpaired) electrons. The van der Waals surface area contributed by atoms with Crippen molar-refractivity contribution in [1.82, 2.24) is 0 Å². The molecule has 1 rings (SSSR count). The zero-order chi connectivity index (χ0) is 11.1. The van der Waals surface area contributed by atoms with Crippen LogP contribution in [0.1, 0.15) is 43.5 Å². The third kappa shape index (κ3) is 3.86. The van der Waals surface area contributed by atoms with Crippen LogP contribution in [0.15, 0.2) is 24.3 Å².